The first kappa shape index (κ1) is 151. The second-order valence-electron chi connectivity index (χ2n) is 35.9. The highest BCUT2D eigenvalue weighted by Gasteiger charge is 2.27. The molecule has 0 heterocycles. The minimum absolute atomic E-state index is 0.00162. The first-order valence-corrected chi connectivity index (χ1v) is 54.7. The Balaban J connectivity index is -0.000000139. The number of carbonyl (C=O) groups excluding carboxylic acids is 12. The summed E-state index contributed by atoms with van der Waals surface area (Å²) in [5, 5.41) is 34.0. The van der Waals surface area contributed by atoms with Crippen molar-refractivity contribution in [3.63, 3.8) is 0 Å². The van der Waals surface area contributed by atoms with Crippen LogP contribution in [-0.4, -0.2) is 200 Å². The number of nitrogens with one attached hydrogen (secondary N) is 12. The Morgan fingerprint density at radius 3 is 0.726 bits per heavy atom. The Morgan fingerprint density at radius 1 is 0.207 bits per heavy atom. The summed E-state index contributed by atoms with van der Waals surface area (Å²) >= 11 is 0. The first-order valence-electron chi connectivity index (χ1n) is 54.7. The SMILES string of the molecule is CCCCCC(=O)NCCC.CCCCCCC(=O)NCCC.CCCCCCC(=O)NCCC.CCCCCCC(=O)NCCC.CCCCCCC(=O)NCCC.CCCNC(=O)C(C)(C)COCCC.CCCNC(=O)CCC.CCCNC(=O)CCCCC(C)(C)C.CCCNC(=O)CCN(CC)CCC.CCCNC(=O)CCNC(=O)CC.CCCNC(=O)CCOCCC. The third kappa shape index (κ3) is 156. The molecule has 0 spiro atoms. The fraction of sp³-hybridized carbons (Fsp3) is 0.889. The van der Waals surface area contributed by atoms with E-state index in [-0.39, 0.29) is 70.9 Å². The van der Waals surface area contributed by atoms with E-state index < -0.39 is 5.41 Å². The molecule has 0 atom stereocenters. The van der Waals surface area contributed by atoms with Crippen LogP contribution in [0.15, 0.2) is 0 Å². The number of amides is 12. The van der Waals surface area contributed by atoms with Gasteiger partial charge < -0.3 is 78.2 Å². The molecule has 0 aromatic heterocycles. The van der Waals surface area contributed by atoms with Crippen molar-refractivity contribution in [2.45, 2.75) is 495 Å². The minimum atomic E-state index is -0.412. The number of rotatable bonds is 72. The molecule has 0 aromatic rings. The molecule has 0 aliphatic rings. The Kier molecular flexibility index (Phi) is 145. The van der Waals surface area contributed by atoms with Crippen LogP contribution >= 0.6 is 0 Å². The van der Waals surface area contributed by atoms with Gasteiger partial charge in [0.15, 0.2) is 0 Å². The summed E-state index contributed by atoms with van der Waals surface area (Å²) in [6.45, 7) is 71.0. The second-order valence-corrected chi connectivity index (χ2v) is 35.9. The number of nitrogens with zero attached hydrogens (tertiary/aromatic N) is 1. The van der Waals surface area contributed by atoms with Crippen LogP contribution in [0.3, 0.4) is 0 Å². The van der Waals surface area contributed by atoms with Gasteiger partial charge in [0.25, 0.3) is 0 Å². The van der Waals surface area contributed by atoms with E-state index in [9.17, 15) is 57.5 Å². The standard InChI is InChI=1S/C12H25NO.C11H24N2O.C11H23NO2.4C10H21NO.C9H18N2O2.C9H19NO2.C9H19NO.C7H15NO/c1-5-10-13-11(14)8-6-7-9-12(2,3)4;1-4-8-12-11(14)7-10-13(6-3)9-5-2;1-5-7-12-10(13)11(3,4)9-14-8-6-2;4*1-3-5-6-7-8-10(12)11-9-4-2;1-3-6-10-9(13)5-7-11-8(12)4-2;1-3-6-10-9(11)5-8-12-7-4-2;1-3-5-6-7-9(11)10-8-4-2;1-3-5-7(9)8-6-4-2/h5-10H2,1-4H3,(H,13,14);4-10H2,1-3H3,(H,12,14);5-9H2,1-4H3,(H,12,13);4*3-9H2,1-2H3,(H,11,12);3-7H2,1-2H3,(H,10,13)(H,11,12);3-8H2,1-2H3,(H,10,11);3-8H2,1-2H3,(H,10,11);3-6H2,1-2H3,(H,8,9). The third-order valence-corrected chi connectivity index (χ3v) is 19.2. The monoisotopic (exact) mass is 1930 g/mol. The van der Waals surface area contributed by atoms with Crippen LogP contribution in [0.5, 0.6) is 0 Å². The molecule has 12 amide bonds. The Labute approximate surface area is 832 Å². The highest BCUT2D eigenvalue weighted by Crippen LogP contribution is 2.22. The Hall–Kier alpha value is -6.48. The lowest BCUT2D eigenvalue weighted by Gasteiger charge is -2.23. The maximum absolute atomic E-state index is 11.6. The van der Waals surface area contributed by atoms with E-state index in [2.05, 4.69) is 200 Å². The van der Waals surface area contributed by atoms with Crippen molar-refractivity contribution in [1.29, 1.82) is 0 Å². The van der Waals surface area contributed by atoms with Crippen LogP contribution in [0.25, 0.3) is 0 Å². The van der Waals surface area contributed by atoms with Crippen LogP contribution in [-0.2, 0) is 67.0 Å². The molecular weight excluding hydrogens is 1700 g/mol. The minimum Gasteiger partial charge on any atom is -0.381 e. The molecule has 0 rings (SSSR count). The van der Waals surface area contributed by atoms with E-state index in [4.69, 9.17) is 9.47 Å². The summed E-state index contributed by atoms with van der Waals surface area (Å²) in [7, 11) is 0. The summed E-state index contributed by atoms with van der Waals surface area (Å²) in [6, 6.07) is 0. The first-order chi connectivity index (χ1) is 64.6. The van der Waals surface area contributed by atoms with Gasteiger partial charge in [0, 0.05) is 169 Å². The topological polar surface area (TPSA) is 371 Å². The van der Waals surface area contributed by atoms with Gasteiger partial charge in [0.2, 0.25) is 70.9 Å². The van der Waals surface area contributed by atoms with Crippen LogP contribution in [0, 0.1) is 10.8 Å². The average molecular weight is 1930 g/mol. The van der Waals surface area contributed by atoms with Gasteiger partial charge in [-0.25, -0.2) is 0 Å². The molecule has 135 heavy (non-hydrogen) atoms. The summed E-state index contributed by atoms with van der Waals surface area (Å²) in [6.07, 6.45) is 47.7. The summed E-state index contributed by atoms with van der Waals surface area (Å²) in [5.74, 6) is 1.80. The molecule has 0 aliphatic heterocycles. The molecule has 27 nitrogen and oxygen atoms in total. The highest BCUT2D eigenvalue weighted by atomic mass is 16.5. The summed E-state index contributed by atoms with van der Waals surface area (Å²) in [4.78, 5) is 135. The van der Waals surface area contributed by atoms with Crippen LogP contribution < -0.4 is 63.8 Å². The number of carbonyl (C=O) groups is 12. The smallest absolute Gasteiger partial charge is 0.227 e. The summed E-state index contributed by atoms with van der Waals surface area (Å²) in [5.41, 5.74) is -0.00969. The van der Waals surface area contributed by atoms with E-state index in [1.54, 1.807) is 6.92 Å². The molecule has 27 heteroatoms. The highest BCUT2D eigenvalue weighted by molar-refractivity contribution is 5.82. The van der Waals surface area contributed by atoms with E-state index >= 15 is 0 Å². The fourth-order valence-electron chi connectivity index (χ4n) is 11.0. The van der Waals surface area contributed by atoms with Gasteiger partial charge in [0.1, 0.15) is 0 Å². The van der Waals surface area contributed by atoms with E-state index in [1.807, 2.05) is 48.5 Å². The zero-order valence-corrected chi connectivity index (χ0v) is 93.5. The van der Waals surface area contributed by atoms with Crippen LogP contribution in [0.2, 0.25) is 0 Å². The fourth-order valence-corrected chi connectivity index (χ4v) is 11.0. The Bertz CT molecular complexity index is 2380. The molecule has 0 saturated heterocycles. The molecule has 12 N–H and O–H groups in total. The van der Waals surface area contributed by atoms with Gasteiger partial charge in [-0.3, -0.25) is 57.5 Å². The molecule has 0 radical (unpaired) electrons. The molecule has 0 unspecified atom stereocenters. The van der Waals surface area contributed by atoms with Crippen molar-refractivity contribution < 1.29 is 67.0 Å². The van der Waals surface area contributed by atoms with Gasteiger partial charge in [-0.2, -0.15) is 0 Å². The number of hydrogen-bond acceptors (Lipinski definition) is 15. The van der Waals surface area contributed by atoms with E-state index in [1.165, 1.54) is 96.3 Å². The number of ether oxygens (including phenoxy) is 2. The van der Waals surface area contributed by atoms with Crippen molar-refractivity contribution >= 4 is 70.9 Å². The zero-order valence-electron chi connectivity index (χ0n) is 93.5. The van der Waals surface area contributed by atoms with E-state index in [0.29, 0.717) is 102 Å². The van der Waals surface area contributed by atoms with Crippen LogP contribution in [0.4, 0.5) is 0 Å². The normalized spacial score (nSPS) is 10.1. The van der Waals surface area contributed by atoms with E-state index in [0.717, 1.165) is 240 Å². The largest absolute Gasteiger partial charge is 0.381 e. The molecule has 0 aliphatic carbocycles. The number of unbranched alkanes of at least 4 members (excludes halogenated alkanes) is 15. The lowest BCUT2D eigenvalue weighted by atomic mass is 9.89. The molecule has 808 valence electrons. The lowest BCUT2D eigenvalue weighted by molar-refractivity contribution is -0.132. The average Bonchev–Trinajstić information content (AvgIpc) is 0.887. The number of hydrogen-bond donors (Lipinski definition) is 12. The maximum Gasteiger partial charge on any atom is 0.227 e. The van der Waals surface area contributed by atoms with Gasteiger partial charge in [-0.1, -0.05) is 269 Å². The maximum atomic E-state index is 11.6. The van der Waals surface area contributed by atoms with Crippen molar-refractivity contribution in [3.8, 4) is 0 Å². The zero-order chi connectivity index (χ0) is 105. The summed E-state index contributed by atoms with van der Waals surface area (Å²) < 4.78 is 10.6. The van der Waals surface area contributed by atoms with Crippen molar-refractivity contribution in [3.05, 3.63) is 0 Å². The Morgan fingerprint density at radius 2 is 0.459 bits per heavy atom. The van der Waals surface area contributed by atoms with Crippen molar-refractivity contribution in [2.75, 3.05) is 125 Å². The van der Waals surface area contributed by atoms with Gasteiger partial charge in [-0.05, 0) is 174 Å². The molecular formula is C108H227N13O14. The predicted molar refractivity (Wildman–Crippen MR) is 574 cm³/mol. The van der Waals surface area contributed by atoms with Gasteiger partial charge >= 0.3 is 0 Å². The van der Waals surface area contributed by atoms with Gasteiger partial charge in [0.05, 0.1) is 18.6 Å². The second kappa shape index (κ2) is 130. The quantitative estimate of drug-likeness (QED) is 0.0252. The van der Waals surface area contributed by atoms with Crippen molar-refractivity contribution in [2.24, 2.45) is 10.8 Å². The predicted octanol–water partition coefficient (Wildman–Crippen LogP) is 21.8. The lowest BCUT2D eigenvalue weighted by Crippen LogP contribution is -2.40. The molecule has 0 fully saturated rings. The van der Waals surface area contributed by atoms with Gasteiger partial charge in [-0.15, -0.1) is 0 Å². The third-order valence-electron chi connectivity index (χ3n) is 19.2. The molecule has 0 bridgehead atoms. The van der Waals surface area contributed by atoms with Crippen LogP contribution in [0.1, 0.15) is 495 Å². The molecule has 0 saturated carbocycles. The molecule has 0 aromatic carbocycles. The van der Waals surface area contributed by atoms with Crippen molar-refractivity contribution in [1.82, 2.24) is 68.7 Å².